The summed E-state index contributed by atoms with van der Waals surface area (Å²) < 4.78 is 5.35. The fourth-order valence-electron chi connectivity index (χ4n) is 3.10. The molecule has 22 heavy (non-hydrogen) atoms. The van der Waals surface area contributed by atoms with E-state index < -0.39 is 0 Å². The first-order chi connectivity index (χ1) is 10.8. The van der Waals surface area contributed by atoms with Crippen molar-refractivity contribution in [2.45, 2.75) is 37.9 Å². The standard InChI is InChI=1S/C17H21N3O2/c1-18-14-8-5-9-15(13-6-3-2-4-7-13)20(17(14)21)12-16-19-10-11-22-16/h2-4,6-7,10-11,14-15,18H,5,8-9,12H2,1H3. The Bertz CT molecular complexity index is 598. The Kier molecular flexibility index (Phi) is 4.53. The Morgan fingerprint density at radius 3 is 2.82 bits per heavy atom. The number of aromatic nitrogens is 1. The van der Waals surface area contributed by atoms with E-state index in [9.17, 15) is 4.79 Å². The van der Waals surface area contributed by atoms with Crippen LogP contribution in [0, 0.1) is 0 Å². The Labute approximate surface area is 130 Å². The maximum Gasteiger partial charge on any atom is 0.240 e. The van der Waals surface area contributed by atoms with Gasteiger partial charge in [0, 0.05) is 0 Å². The van der Waals surface area contributed by atoms with Gasteiger partial charge in [-0.25, -0.2) is 4.98 Å². The van der Waals surface area contributed by atoms with E-state index in [2.05, 4.69) is 22.4 Å². The minimum Gasteiger partial charge on any atom is -0.447 e. The molecule has 1 aromatic carbocycles. The molecule has 1 saturated heterocycles. The Morgan fingerprint density at radius 2 is 2.14 bits per heavy atom. The molecule has 0 saturated carbocycles. The third kappa shape index (κ3) is 3.04. The van der Waals surface area contributed by atoms with E-state index in [0.717, 1.165) is 19.3 Å². The summed E-state index contributed by atoms with van der Waals surface area (Å²) in [7, 11) is 1.84. The first-order valence-electron chi connectivity index (χ1n) is 7.70. The molecule has 1 amide bonds. The van der Waals surface area contributed by atoms with Crippen molar-refractivity contribution >= 4 is 5.91 Å². The van der Waals surface area contributed by atoms with Gasteiger partial charge in [-0.2, -0.15) is 0 Å². The van der Waals surface area contributed by atoms with Gasteiger partial charge in [0.1, 0.15) is 6.26 Å². The Balaban J connectivity index is 1.92. The van der Waals surface area contributed by atoms with Crippen molar-refractivity contribution in [3.8, 4) is 0 Å². The second kappa shape index (κ2) is 6.75. The fourth-order valence-corrected chi connectivity index (χ4v) is 3.10. The molecular weight excluding hydrogens is 278 g/mol. The molecule has 1 aliphatic rings. The predicted molar refractivity (Wildman–Crippen MR) is 82.9 cm³/mol. The lowest BCUT2D eigenvalue weighted by Gasteiger charge is -2.31. The molecule has 0 bridgehead atoms. The van der Waals surface area contributed by atoms with Gasteiger partial charge < -0.3 is 14.6 Å². The van der Waals surface area contributed by atoms with Gasteiger partial charge in [-0.15, -0.1) is 0 Å². The van der Waals surface area contributed by atoms with Crippen LogP contribution >= 0.6 is 0 Å². The molecule has 2 atom stereocenters. The maximum atomic E-state index is 12.9. The molecule has 1 aromatic heterocycles. The lowest BCUT2D eigenvalue weighted by molar-refractivity contribution is -0.136. The topological polar surface area (TPSA) is 58.4 Å². The number of likely N-dealkylation sites (tertiary alicyclic amines) is 1. The van der Waals surface area contributed by atoms with Crippen LogP contribution in [0.25, 0.3) is 0 Å². The molecule has 116 valence electrons. The monoisotopic (exact) mass is 299 g/mol. The van der Waals surface area contributed by atoms with Crippen molar-refractivity contribution in [2.75, 3.05) is 7.05 Å². The van der Waals surface area contributed by atoms with Crippen molar-refractivity contribution in [2.24, 2.45) is 0 Å². The normalized spacial score (nSPS) is 22.6. The fraction of sp³-hybridized carbons (Fsp3) is 0.412. The van der Waals surface area contributed by atoms with Crippen molar-refractivity contribution in [3.05, 3.63) is 54.2 Å². The SMILES string of the molecule is CNC1CCCC(c2ccccc2)N(Cc2ncco2)C1=O. The second-order valence-corrected chi connectivity index (χ2v) is 5.59. The molecule has 2 aromatic rings. The molecule has 3 rings (SSSR count). The average molecular weight is 299 g/mol. The summed E-state index contributed by atoms with van der Waals surface area (Å²) in [5.41, 5.74) is 1.17. The van der Waals surface area contributed by atoms with Crippen molar-refractivity contribution in [1.82, 2.24) is 15.2 Å². The van der Waals surface area contributed by atoms with Crippen LogP contribution in [0.2, 0.25) is 0 Å². The highest BCUT2D eigenvalue weighted by Gasteiger charge is 2.33. The van der Waals surface area contributed by atoms with E-state index >= 15 is 0 Å². The van der Waals surface area contributed by atoms with Gasteiger partial charge in [-0.05, 0) is 31.9 Å². The zero-order valence-corrected chi connectivity index (χ0v) is 12.7. The molecule has 5 nitrogen and oxygen atoms in total. The highest BCUT2D eigenvalue weighted by molar-refractivity contribution is 5.82. The van der Waals surface area contributed by atoms with Crippen LogP contribution in [-0.4, -0.2) is 28.9 Å². The molecule has 1 fully saturated rings. The number of hydrogen-bond acceptors (Lipinski definition) is 4. The smallest absolute Gasteiger partial charge is 0.240 e. The summed E-state index contributed by atoms with van der Waals surface area (Å²) in [4.78, 5) is 19.0. The van der Waals surface area contributed by atoms with Crippen molar-refractivity contribution < 1.29 is 9.21 Å². The molecule has 5 heteroatoms. The summed E-state index contributed by atoms with van der Waals surface area (Å²) in [6.07, 6.45) is 5.99. The molecule has 0 spiro atoms. The minimum atomic E-state index is -0.135. The number of amides is 1. The van der Waals surface area contributed by atoms with Crippen LogP contribution < -0.4 is 5.32 Å². The second-order valence-electron chi connectivity index (χ2n) is 5.59. The molecule has 1 N–H and O–H groups in total. The van der Waals surface area contributed by atoms with E-state index in [1.807, 2.05) is 30.1 Å². The van der Waals surface area contributed by atoms with E-state index in [1.54, 1.807) is 12.5 Å². The van der Waals surface area contributed by atoms with E-state index in [1.165, 1.54) is 5.56 Å². The summed E-state index contributed by atoms with van der Waals surface area (Å²) in [5.74, 6) is 0.693. The summed E-state index contributed by atoms with van der Waals surface area (Å²) in [6.45, 7) is 0.406. The lowest BCUT2D eigenvalue weighted by Crippen LogP contribution is -2.44. The van der Waals surface area contributed by atoms with Crippen LogP contribution in [0.15, 0.2) is 47.2 Å². The summed E-state index contributed by atoms with van der Waals surface area (Å²) in [5, 5.41) is 3.13. The van der Waals surface area contributed by atoms with E-state index in [0.29, 0.717) is 12.4 Å². The first-order valence-corrected chi connectivity index (χ1v) is 7.70. The number of carbonyl (C=O) groups is 1. The molecular formula is C17H21N3O2. The van der Waals surface area contributed by atoms with E-state index in [4.69, 9.17) is 4.42 Å². The van der Waals surface area contributed by atoms with Gasteiger partial charge >= 0.3 is 0 Å². The number of rotatable bonds is 4. The highest BCUT2D eigenvalue weighted by atomic mass is 16.3. The number of hydrogen-bond donors (Lipinski definition) is 1. The molecule has 0 radical (unpaired) electrons. The predicted octanol–water partition coefficient (Wildman–Crippen LogP) is 2.52. The zero-order chi connectivity index (χ0) is 15.4. The first kappa shape index (κ1) is 14.8. The van der Waals surface area contributed by atoms with Crippen molar-refractivity contribution in [1.29, 1.82) is 0 Å². The van der Waals surface area contributed by atoms with Gasteiger partial charge in [-0.1, -0.05) is 30.3 Å². The van der Waals surface area contributed by atoms with Gasteiger partial charge in [0.15, 0.2) is 0 Å². The highest BCUT2D eigenvalue weighted by Crippen LogP contribution is 2.31. The largest absolute Gasteiger partial charge is 0.447 e. The maximum absolute atomic E-state index is 12.9. The number of oxazole rings is 1. The van der Waals surface area contributed by atoms with Gasteiger partial charge in [-0.3, -0.25) is 4.79 Å². The number of likely N-dealkylation sites (N-methyl/N-ethyl adjacent to an activating group) is 1. The van der Waals surface area contributed by atoms with Gasteiger partial charge in [0.25, 0.3) is 0 Å². The van der Waals surface area contributed by atoms with Crippen molar-refractivity contribution in [3.63, 3.8) is 0 Å². The number of nitrogens with zero attached hydrogens (tertiary/aromatic N) is 2. The summed E-state index contributed by atoms with van der Waals surface area (Å²) in [6, 6.07) is 10.1. The van der Waals surface area contributed by atoms with Crippen LogP contribution in [0.5, 0.6) is 0 Å². The molecule has 2 unspecified atom stereocenters. The average Bonchev–Trinajstić information content (AvgIpc) is 3.01. The van der Waals surface area contributed by atoms with Crippen LogP contribution in [0.3, 0.4) is 0 Å². The van der Waals surface area contributed by atoms with Gasteiger partial charge in [0.2, 0.25) is 11.8 Å². The van der Waals surface area contributed by atoms with Crippen LogP contribution in [-0.2, 0) is 11.3 Å². The third-order valence-corrected chi connectivity index (χ3v) is 4.25. The van der Waals surface area contributed by atoms with Gasteiger partial charge in [0.05, 0.1) is 24.8 Å². The molecule has 2 heterocycles. The Morgan fingerprint density at radius 1 is 1.32 bits per heavy atom. The minimum absolute atomic E-state index is 0.0685. The molecule has 1 aliphatic heterocycles. The van der Waals surface area contributed by atoms with Crippen LogP contribution in [0.1, 0.15) is 36.8 Å². The number of nitrogens with one attached hydrogen (secondary N) is 1. The van der Waals surface area contributed by atoms with Crippen LogP contribution in [0.4, 0.5) is 0 Å². The zero-order valence-electron chi connectivity index (χ0n) is 12.7. The van der Waals surface area contributed by atoms with E-state index in [-0.39, 0.29) is 18.0 Å². The quantitative estimate of drug-likeness (QED) is 0.942. The number of carbonyl (C=O) groups excluding carboxylic acids is 1. The lowest BCUT2D eigenvalue weighted by atomic mass is 10.0. The third-order valence-electron chi connectivity index (χ3n) is 4.25. The Hall–Kier alpha value is -2.14. The number of benzene rings is 1. The molecule has 0 aliphatic carbocycles. The summed E-state index contributed by atoms with van der Waals surface area (Å²) >= 11 is 0.